The van der Waals surface area contributed by atoms with Crippen molar-refractivity contribution >= 4 is 10.0 Å². The molecule has 142 valence electrons. The summed E-state index contributed by atoms with van der Waals surface area (Å²) in [5, 5.41) is 0. The van der Waals surface area contributed by atoms with Crippen LogP contribution in [0.15, 0.2) is 35.6 Å². The average molecular weight is 390 g/mol. The van der Waals surface area contributed by atoms with Gasteiger partial charge in [0.15, 0.2) is 6.61 Å². The number of fused-ring (bicyclic) bond motifs is 1. The third kappa shape index (κ3) is 4.73. The van der Waals surface area contributed by atoms with Crippen molar-refractivity contribution in [3.8, 4) is 5.88 Å². The van der Waals surface area contributed by atoms with E-state index in [1.807, 2.05) is 10.8 Å². The second kappa shape index (κ2) is 7.23. The molecule has 26 heavy (non-hydrogen) atoms. The van der Waals surface area contributed by atoms with Crippen LogP contribution in [0.1, 0.15) is 12.2 Å². The minimum Gasteiger partial charge on any atom is -0.468 e. The normalized spacial score (nSPS) is 17.7. The number of nitrogens with one attached hydrogen (secondary N) is 1. The largest absolute Gasteiger partial charge is 0.468 e. The predicted molar refractivity (Wildman–Crippen MR) is 85.0 cm³/mol. The maximum absolute atomic E-state index is 12.3. The number of imidazole rings is 1. The van der Waals surface area contributed by atoms with Crippen molar-refractivity contribution in [2.45, 2.75) is 30.5 Å². The number of nitrogens with zero attached hydrogens (tertiary/aromatic N) is 3. The molecular weight excluding hydrogens is 373 g/mol. The molecule has 0 bridgehead atoms. The lowest BCUT2D eigenvalue weighted by Crippen LogP contribution is -2.33. The van der Waals surface area contributed by atoms with Gasteiger partial charge in [-0.2, -0.15) is 13.2 Å². The standard InChI is InChI=1S/C15H17F3N4O3S/c16-15(17,18)10-25-14-4-2-12(8-20-14)26(23,24)21-7-11-1-3-13-19-5-6-22(13)9-11/h2,4-6,8,11,21H,1,3,7,9-10H2/t11-/m0/s1. The van der Waals surface area contributed by atoms with Crippen LogP contribution in [0.2, 0.25) is 0 Å². The van der Waals surface area contributed by atoms with Crippen molar-refractivity contribution in [2.75, 3.05) is 13.2 Å². The Labute approximate surface area is 148 Å². The second-order valence-corrected chi connectivity index (χ2v) is 7.76. The molecule has 3 rings (SSSR count). The lowest BCUT2D eigenvalue weighted by atomic mass is 10.00. The van der Waals surface area contributed by atoms with Crippen molar-refractivity contribution < 1.29 is 26.3 Å². The Hall–Kier alpha value is -2.14. The molecule has 11 heteroatoms. The smallest absolute Gasteiger partial charge is 0.422 e. The van der Waals surface area contributed by atoms with E-state index in [-0.39, 0.29) is 23.2 Å². The van der Waals surface area contributed by atoms with Crippen molar-refractivity contribution in [3.63, 3.8) is 0 Å². The van der Waals surface area contributed by atoms with E-state index in [4.69, 9.17) is 0 Å². The van der Waals surface area contributed by atoms with Gasteiger partial charge in [0.05, 0.1) is 6.20 Å². The Balaban J connectivity index is 1.56. The van der Waals surface area contributed by atoms with Gasteiger partial charge in [-0.3, -0.25) is 0 Å². The van der Waals surface area contributed by atoms with Gasteiger partial charge in [0.2, 0.25) is 15.9 Å². The Morgan fingerprint density at radius 2 is 2.12 bits per heavy atom. The molecule has 0 unspecified atom stereocenters. The van der Waals surface area contributed by atoms with Gasteiger partial charge in [0.25, 0.3) is 0 Å². The monoisotopic (exact) mass is 390 g/mol. The first kappa shape index (κ1) is 18.6. The van der Waals surface area contributed by atoms with Gasteiger partial charge in [-0.1, -0.05) is 0 Å². The number of sulfonamides is 1. The van der Waals surface area contributed by atoms with Gasteiger partial charge in [-0.15, -0.1) is 0 Å². The van der Waals surface area contributed by atoms with E-state index in [1.165, 1.54) is 0 Å². The van der Waals surface area contributed by atoms with Crippen molar-refractivity contribution in [1.29, 1.82) is 0 Å². The summed E-state index contributed by atoms with van der Waals surface area (Å²) in [6.45, 7) is -0.547. The summed E-state index contributed by atoms with van der Waals surface area (Å²) < 4.78 is 69.9. The zero-order valence-electron chi connectivity index (χ0n) is 13.6. The predicted octanol–water partition coefficient (Wildman–Crippen LogP) is 1.76. The number of aryl methyl sites for hydroxylation is 1. The number of hydrogen-bond donors (Lipinski definition) is 1. The topological polar surface area (TPSA) is 86.1 Å². The third-order valence-corrected chi connectivity index (χ3v) is 5.41. The van der Waals surface area contributed by atoms with Crippen molar-refractivity contribution in [3.05, 3.63) is 36.5 Å². The van der Waals surface area contributed by atoms with E-state index in [1.54, 1.807) is 6.20 Å². The Bertz CT molecular complexity index is 850. The molecule has 3 heterocycles. The highest BCUT2D eigenvalue weighted by molar-refractivity contribution is 7.89. The van der Waals surface area contributed by atoms with Gasteiger partial charge in [0.1, 0.15) is 10.7 Å². The Morgan fingerprint density at radius 1 is 1.31 bits per heavy atom. The minimum atomic E-state index is -4.48. The van der Waals surface area contributed by atoms with Crippen LogP contribution in [0.5, 0.6) is 5.88 Å². The first-order valence-electron chi connectivity index (χ1n) is 7.88. The molecule has 2 aromatic heterocycles. The van der Waals surface area contributed by atoms with Gasteiger partial charge in [-0.05, 0) is 18.4 Å². The Kier molecular flexibility index (Phi) is 5.19. The molecule has 0 fully saturated rings. The molecule has 0 aromatic carbocycles. The molecule has 0 radical (unpaired) electrons. The summed E-state index contributed by atoms with van der Waals surface area (Å²) in [7, 11) is -3.80. The van der Waals surface area contributed by atoms with Crippen LogP contribution in [0.4, 0.5) is 13.2 Å². The molecular formula is C15H17F3N4O3S. The molecule has 0 amide bonds. The van der Waals surface area contributed by atoms with Gasteiger partial charge >= 0.3 is 6.18 Å². The summed E-state index contributed by atoms with van der Waals surface area (Å²) in [5.41, 5.74) is 0. The lowest BCUT2D eigenvalue weighted by molar-refractivity contribution is -0.154. The molecule has 0 saturated heterocycles. The van der Waals surface area contributed by atoms with Crippen molar-refractivity contribution in [2.24, 2.45) is 5.92 Å². The molecule has 1 aliphatic rings. The highest BCUT2D eigenvalue weighted by Gasteiger charge is 2.28. The first-order chi connectivity index (χ1) is 12.2. The maximum atomic E-state index is 12.3. The highest BCUT2D eigenvalue weighted by atomic mass is 32.2. The zero-order valence-corrected chi connectivity index (χ0v) is 14.4. The number of rotatable bonds is 6. The highest BCUT2D eigenvalue weighted by Crippen LogP contribution is 2.20. The van der Waals surface area contributed by atoms with Gasteiger partial charge < -0.3 is 9.30 Å². The number of aromatic nitrogens is 3. The summed E-state index contributed by atoms with van der Waals surface area (Å²) in [6, 6.07) is 2.26. The summed E-state index contributed by atoms with van der Waals surface area (Å²) in [4.78, 5) is 7.70. The quantitative estimate of drug-likeness (QED) is 0.812. The van der Waals surface area contributed by atoms with E-state index >= 15 is 0 Å². The van der Waals surface area contributed by atoms with Crippen LogP contribution in [-0.2, 0) is 23.0 Å². The van der Waals surface area contributed by atoms with Crippen LogP contribution < -0.4 is 9.46 Å². The van der Waals surface area contributed by atoms with Crippen LogP contribution in [-0.4, -0.2) is 42.3 Å². The lowest BCUT2D eigenvalue weighted by Gasteiger charge is -2.23. The van der Waals surface area contributed by atoms with Crippen LogP contribution in [0.25, 0.3) is 0 Å². The van der Waals surface area contributed by atoms with E-state index in [0.717, 1.165) is 37.0 Å². The molecule has 0 aliphatic carbocycles. The molecule has 0 spiro atoms. The molecule has 1 atom stereocenters. The number of alkyl halides is 3. The minimum absolute atomic E-state index is 0.129. The van der Waals surface area contributed by atoms with E-state index in [2.05, 4.69) is 19.4 Å². The molecule has 0 saturated carbocycles. The fourth-order valence-corrected chi connectivity index (χ4v) is 3.74. The zero-order chi connectivity index (χ0) is 18.8. The second-order valence-electron chi connectivity index (χ2n) is 5.99. The SMILES string of the molecule is O=S(=O)(NC[C@@H]1CCc2nccn2C1)c1ccc(OCC(F)(F)F)nc1. The van der Waals surface area contributed by atoms with Crippen LogP contribution >= 0.6 is 0 Å². The molecule has 2 aromatic rings. The molecule has 1 N–H and O–H groups in total. The molecule has 7 nitrogen and oxygen atoms in total. The average Bonchev–Trinajstić information content (AvgIpc) is 3.06. The van der Waals surface area contributed by atoms with E-state index in [9.17, 15) is 21.6 Å². The van der Waals surface area contributed by atoms with E-state index in [0.29, 0.717) is 6.54 Å². The van der Waals surface area contributed by atoms with Crippen LogP contribution in [0.3, 0.4) is 0 Å². The maximum Gasteiger partial charge on any atom is 0.422 e. The van der Waals surface area contributed by atoms with Crippen LogP contribution in [0, 0.1) is 5.92 Å². The molecule has 1 aliphatic heterocycles. The summed E-state index contributed by atoms with van der Waals surface area (Å²) in [5.74, 6) is 0.831. The number of halogens is 3. The summed E-state index contributed by atoms with van der Waals surface area (Å²) >= 11 is 0. The Morgan fingerprint density at radius 3 is 2.81 bits per heavy atom. The summed E-state index contributed by atoms with van der Waals surface area (Å²) in [6.07, 6.45) is 1.68. The van der Waals surface area contributed by atoms with Gasteiger partial charge in [-0.25, -0.2) is 23.1 Å². The first-order valence-corrected chi connectivity index (χ1v) is 9.36. The third-order valence-electron chi connectivity index (χ3n) is 4.00. The number of hydrogen-bond acceptors (Lipinski definition) is 5. The fraction of sp³-hybridized carbons (Fsp3) is 0.467. The number of pyridine rings is 1. The van der Waals surface area contributed by atoms with Crippen molar-refractivity contribution in [1.82, 2.24) is 19.3 Å². The number of ether oxygens (including phenoxy) is 1. The van der Waals surface area contributed by atoms with Gasteiger partial charge in [0, 0.05) is 38.0 Å². The fourth-order valence-electron chi connectivity index (χ4n) is 2.68. The van der Waals surface area contributed by atoms with E-state index < -0.39 is 22.8 Å².